The number of rotatable bonds is 7. The van der Waals surface area contributed by atoms with Gasteiger partial charge in [-0.3, -0.25) is 0 Å². The summed E-state index contributed by atoms with van der Waals surface area (Å²) in [6.07, 6.45) is 8.84. The van der Waals surface area contributed by atoms with Crippen molar-refractivity contribution in [1.29, 1.82) is 0 Å². The van der Waals surface area contributed by atoms with Gasteiger partial charge >= 0.3 is 0 Å². The highest BCUT2D eigenvalue weighted by molar-refractivity contribution is 5.45. The average Bonchev–Trinajstić information content (AvgIpc) is 3.11. The van der Waals surface area contributed by atoms with E-state index in [9.17, 15) is 10.2 Å². The Morgan fingerprint density at radius 1 is 0.955 bits per heavy atom. The summed E-state index contributed by atoms with van der Waals surface area (Å²) in [5, 5.41) is 20.4. The fraction of sp³-hybridized carbons (Fsp3) is 0.700. The van der Waals surface area contributed by atoms with E-state index in [1.54, 1.807) is 12.1 Å². The van der Waals surface area contributed by atoms with Crippen LogP contribution in [0, 0.1) is 10.8 Å². The Kier molecular flexibility index (Phi) is 5.09. The number of benzene rings is 1. The van der Waals surface area contributed by atoms with Crippen LogP contribution in [0.5, 0.6) is 11.5 Å². The summed E-state index contributed by atoms with van der Waals surface area (Å²) in [6, 6.07) is 3.54. The standard InChI is InChI=1S/C20H32O2/c1-19(2,3)9-5-7-15-13-18(22)16(14-17(15)21)8-6-10-20(4)11-12-20/h13-14,21-22H,5-12H2,1-4H3. The predicted molar refractivity (Wildman–Crippen MR) is 92.4 cm³/mol. The Bertz CT molecular complexity index is 470. The number of phenolic OH excluding ortho intramolecular Hbond substituents is 2. The molecule has 1 fully saturated rings. The van der Waals surface area contributed by atoms with Crippen LogP contribution in [0.3, 0.4) is 0 Å². The monoisotopic (exact) mass is 304 g/mol. The summed E-state index contributed by atoms with van der Waals surface area (Å²) in [5.41, 5.74) is 2.64. The van der Waals surface area contributed by atoms with E-state index in [1.807, 2.05) is 0 Å². The zero-order valence-corrected chi connectivity index (χ0v) is 14.7. The van der Waals surface area contributed by atoms with Crippen LogP contribution in [0.15, 0.2) is 12.1 Å². The third-order valence-electron chi connectivity index (χ3n) is 4.98. The summed E-state index contributed by atoms with van der Waals surface area (Å²) in [4.78, 5) is 0. The normalized spacial score (nSPS) is 16.7. The molecule has 0 unspecified atom stereocenters. The topological polar surface area (TPSA) is 40.5 Å². The lowest BCUT2D eigenvalue weighted by Gasteiger charge is -2.18. The molecule has 0 bridgehead atoms. The first kappa shape index (κ1) is 17.2. The first-order chi connectivity index (χ1) is 10.2. The first-order valence-corrected chi connectivity index (χ1v) is 8.72. The summed E-state index contributed by atoms with van der Waals surface area (Å²) >= 11 is 0. The number of aryl methyl sites for hydroxylation is 2. The molecule has 2 N–H and O–H groups in total. The van der Waals surface area contributed by atoms with Crippen molar-refractivity contribution in [2.45, 2.75) is 79.1 Å². The highest BCUT2D eigenvalue weighted by Crippen LogP contribution is 2.49. The molecule has 0 radical (unpaired) electrons. The molecule has 1 aliphatic carbocycles. The van der Waals surface area contributed by atoms with Crippen molar-refractivity contribution in [1.82, 2.24) is 0 Å². The van der Waals surface area contributed by atoms with Gasteiger partial charge in [0.1, 0.15) is 11.5 Å². The van der Waals surface area contributed by atoms with Gasteiger partial charge in [-0.15, -0.1) is 0 Å². The Balaban J connectivity index is 1.89. The van der Waals surface area contributed by atoms with E-state index in [1.165, 1.54) is 19.3 Å². The Morgan fingerprint density at radius 3 is 1.91 bits per heavy atom. The SMILES string of the molecule is CC(C)(C)CCCc1cc(O)c(CCCC2(C)CC2)cc1O. The van der Waals surface area contributed by atoms with Crippen LogP contribution in [-0.4, -0.2) is 10.2 Å². The maximum Gasteiger partial charge on any atom is 0.119 e. The summed E-state index contributed by atoms with van der Waals surface area (Å²) in [5.74, 6) is 0.698. The third-order valence-corrected chi connectivity index (χ3v) is 4.98. The number of hydrogen-bond acceptors (Lipinski definition) is 2. The van der Waals surface area contributed by atoms with Crippen LogP contribution in [-0.2, 0) is 12.8 Å². The molecule has 1 aliphatic rings. The molecule has 1 aromatic carbocycles. The van der Waals surface area contributed by atoms with Crippen LogP contribution < -0.4 is 0 Å². The minimum atomic E-state index is 0.316. The largest absolute Gasteiger partial charge is 0.508 e. The van der Waals surface area contributed by atoms with E-state index in [0.29, 0.717) is 22.3 Å². The maximum atomic E-state index is 10.2. The van der Waals surface area contributed by atoms with Crippen molar-refractivity contribution in [2.75, 3.05) is 0 Å². The van der Waals surface area contributed by atoms with Crippen LogP contribution in [0.1, 0.15) is 77.3 Å². The summed E-state index contributed by atoms with van der Waals surface area (Å²) < 4.78 is 0. The molecule has 22 heavy (non-hydrogen) atoms. The molecule has 2 rings (SSSR count). The van der Waals surface area contributed by atoms with Crippen molar-refractivity contribution in [3.8, 4) is 11.5 Å². The lowest BCUT2D eigenvalue weighted by atomic mass is 9.88. The molecule has 0 saturated heterocycles. The second kappa shape index (κ2) is 6.52. The van der Waals surface area contributed by atoms with E-state index in [4.69, 9.17) is 0 Å². The summed E-state index contributed by atoms with van der Waals surface area (Å²) in [6.45, 7) is 9.03. The zero-order valence-electron chi connectivity index (χ0n) is 14.7. The van der Waals surface area contributed by atoms with Crippen molar-refractivity contribution in [3.05, 3.63) is 23.3 Å². The highest BCUT2D eigenvalue weighted by Gasteiger charge is 2.36. The van der Waals surface area contributed by atoms with Gasteiger partial charge in [0.2, 0.25) is 0 Å². The van der Waals surface area contributed by atoms with Crippen LogP contribution >= 0.6 is 0 Å². The zero-order chi connectivity index (χ0) is 16.4. The molecular weight excluding hydrogens is 272 g/mol. The van der Waals surface area contributed by atoms with Crippen molar-refractivity contribution in [3.63, 3.8) is 0 Å². The second-order valence-electron chi connectivity index (χ2n) is 8.69. The predicted octanol–water partition coefficient (Wildman–Crippen LogP) is 5.59. The van der Waals surface area contributed by atoms with Crippen LogP contribution in [0.2, 0.25) is 0 Å². The maximum absolute atomic E-state index is 10.2. The van der Waals surface area contributed by atoms with E-state index < -0.39 is 0 Å². The van der Waals surface area contributed by atoms with Gasteiger partial charge in [-0.1, -0.05) is 27.7 Å². The molecule has 0 amide bonds. The number of phenols is 2. The fourth-order valence-electron chi connectivity index (χ4n) is 3.04. The second-order valence-corrected chi connectivity index (χ2v) is 8.69. The van der Waals surface area contributed by atoms with Crippen LogP contribution in [0.4, 0.5) is 0 Å². The first-order valence-electron chi connectivity index (χ1n) is 8.72. The van der Waals surface area contributed by atoms with E-state index in [-0.39, 0.29) is 0 Å². The molecule has 0 aliphatic heterocycles. The van der Waals surface area contributed by atoms with Gasteiger partial charge in [-0.2, -0.15) is 0 Å². The van der Waals surface area contributed by atoms with E-state index >= 15 is 0 Å². The molecular formula is C20H32O2. The lowest BCUT2D eigenvalue weighted by Crippen LogP contribution is -2.05. The van der Waals surface area contributed by atoms with Gasteiger partial charge in [0.05, 0.1) is 0 Å². The van der Waals surface area contributed by atoms with E-state index in [2.05, 4.69) is 27.7 Å². The van der Waals surface area contributed by atoms with Gasteiger partial charge in [0.15, 0.2) is 0 Å². The molecule has 2 nitrogen and oxygen atoms in total. The third kappa shape index (κ3) is 5.23. The molecule has 0 atom stereocenters. The Morgan fingerprint density at radius 2 is 1.45 bits per heavy atom. The molecule has 2 heteroatoms. The lowest BCUT2D eigenvalue weighted by molar-refractivity contribution is 0.363. The number of hydrogen-bond donors (Lipinski definition) is 2. The molecule has 1 saturated carbocycles. The molecule has 0 heterocycles. The van der Waals surface area contributed by atoms with Gasteiger partial charge in [0, 0.05) is 0 Å². The average molecular weight is 304 g/mol. The highest BCUT2D eigenvalue weighted by atomic mass is 16.3. The number of aromatic hydroxyl groups is 2. The van der Waals surface area contributed by atoms with Gasteiger partial charge in [-0.05, 0) is 85.5 Å². The molecule has 124 valence electrons. The smallest absolute Gasteiger partial charge is 0.119 e. The van der Waals surface area contributed by atoms with Crippen LogP contribution in [0.25, 0.3) is 0 Å². The Labute approximate surface area is 135 Å². The summed E-state index contributed by atoms with van der Waals surface area (Å²) in [7, 11) is 0. The van der Waals surface area contributed by atoms with Gasteiger partial charge in [0.25, 0.3) is 0 Å². The van der Waals surface area contributed by atoms with Crippen molar-refractivity contribution < 1.29 is 10.2 Å². The van der Waals surface area contributed by atoms with Gasteiger partial charge < -0.3 is 10.2 Å². The minimum absolute atomic E-state index is 0.316. The minimum Gasteiger partial charge on any atom is -0.508 e. The Hall–Kier alpha value is -1.18. The molecule has 1 aromatic rings. The van der Waals surface area contributed by atoms with E-state index in [0.717, 1.165) is 43.2 Å². The fourth-order valence-corrected chi connectivity index (χ4v) is 3.04. The molecule has 0 aromatic heterocycles. The molecule has 0 spiro atoms. The van der Waals surface area contributed by atoms with Gasteiger partial charge in [-0.25, -0.2) is 0 Å². The quantitative estimate of drug-likeness (QED) is 0.645. The van der Waals surface area contributed by atoms with Crippen molar-refractivity contribution in [2.24, 2.45) is 10.8 Å². The van der Waals surface area contributed by atoms with Crippen molar-refractivity contribution >= 4 is 0 Å².